The molecule has 4 nitrogen and oxygen atoms in total. The van der Waals surface area contributed by atoms with Crippen molar-refractivity contribution >= 4 is 18.1 Å². The number of esters is 1. The number of rotatable bonds is 6. The van der Waals surface area contributed by atoms with Gasteiger partial charge < -0.3 is 4.74 Å². The van der Waals surface area contributed by atoms with Crippen LogP contribution in [0.1, 0.15) is 25.3 Å². The lowest BCUT2D eigenvalue weighted by atomic mass is 10.1. The molecule has 0 atom stereocenters. The summed E-state index contributed by atoms with van der Waals surface area (Å²) in [4.78, 5) is 15.1. The summed E-state index contributed by atoms with van der Waals surface area (Å²) in [5.74, 6) is -0.478. The Balaban J connectivity index is 2.25. The van der Waals surface area contributed by atoms with E-state index < -0.39 is 5.97 Å². The SMILES string of the molecule is CCC=NCC(=O)OC(=N)CCc1ccccc1. The maximum Gasteiger partial charge on any atom is 0.334 e. The van der Waals surface area contributed by atoms with E-state index in [1.807, 2.05) is 37.3 Å². The zero-order valence-corrected chi connectivity index (χ0v) is 10.6. The van der Waals surface area contributed by atoms with Gasteiger partial charge in [0.15, 0.2) is 5.90 Å². The summed E-state index contributed by atoms with van der Waals surface area (Å²) in [5, 5.41) is 7.55. The fraction of sp³-hybridized carbons (Fsp3) is 0.357. The Kier molecular flexibility index (Phi) is 6.40. The Hall–Kier alpha value is -1.97. The van der Waals surface area contributed by atoms with Crippen molar-refractivity contribution in [2.45, 2.75) is 26.2 Å². The van der Waals surface area contributed by atoms with Gasteiger partial charge in [-0.25, -0.2) is 4.79 Å². The van der Waals surface area contributed by atoms with Crippen molar-refractivity contribution < 1.29 is 9.53 Å². The lowest BCUT2D eigenvalue weighted by Crippen LogP contribution is -2.14. The van der Waals surface area contributed by atoms with Crippen LogP contribution in [0.3, 0.4) is 0 Å². The number of benzene rings is 1. The van der Waals surface area contributed by atoms with Gasteiger partial charge in [0.25, 0.3) is 0 Å². The Morgan fingerprint density at radius 1 is 1.39 bits per heavy atom. The van der Waals surface area contributed by atoms with Gasteiger partial charge in [-0.3, -0.25) is 10.4 Å². The van der Waals surface area contributed by atoms with E-state index in [2.05, 4.69) is 4.99 Å². The maximum atomic E-state index is 11.3. The van der Waals surface area contributed by atoms with E-state index >= 15 is 0 Å². The number of hydrogen-bond acceptors (Lipinski definition) is 4. The van der Waals surface area contributed by atoms with Crippen molar-refractivity contribution in [2.75, 3.05) is 6.54 Å². The minimum atomic E-state index is -0.474. The van der Waals surface area contributed by atoms with Gasteiger partial charge >= 0.3 is 5.97 Å². The second-order valence-corrected chi connectivity index (χ2v) is 3.81. The molecule has 18 heavy (non-hydrogen) atoms. The van der Waals surface area contributed by atoms with E-state index in [9.17, 15) is 4.79 Å². The van der Waals surface area contributed by atoms with Crippen LogP contribution in [0, 0.1) is 5.41 Å². The van der Waals surface area contributed by atoms with Gasteiger partial charge in [0.05, 0.1) is 0 Å². The van der Waals surface area contributed by atoms with Gasteiger partial charge in [0, 0.05) is 6.42 Å². The van der Waals surface area contributed by atoms with Crippen molar-refractivity contribution in [1.29, 1.82) is 5.41 Å². The highest BCUT2D eigenvalue weighted by Gasteiger charge is 2.06. The molecular weight excluding hydrogens is 228 g/mol. The molecule has 96 valence electrons. The fourth-order valence-corrected chi connectivity index (χ4v) is 1.39. The zero-order chi connectivity index (χ0) is 13.2. The first-order valence-electron chi connectivity index (χ1n) is 6.02. The van der Waals surface area contributed by atoms with Gasteiger partial charge in [-0.15, -0.1) is 0 Å². The van der Waals surface area contributed by atoms with Crippen molar-refractivity contribution in [2.24, 2.45) is 4.99 Å². The van der Waals surface area contributed by atoms with Crippen LogP contribution in [-0.2, 0) is 16.0 Å². The monoisotopic (exact) mass is 246 g/mol. The minimum Gasteiger partial charge on any atom is -0.411 e. The number of aliphatic imine (C=N–C) groups is 1. The Labute approximate surface area is 107 Å². The van der Waals surface area contributed by atoms with E-state index in [0.717, 1.165) is 12.0 Å². The first-order valence-corrected chi connectivity index (χ1v) is 6.02. The normalized spacial score (nSPS) is 10.5. The molecular formula is C14H18N2O2. The van der Waals surface area contributed by atoms with Crippen LogP contribution in [0.4, 0.5) is 0 Å². The summed E-state index contributed by atoms with van der Waals surface area (Å²) in [6, 6.07) is 9.82. The standard InChI is InChI=1S/C14H18N2O2/c1-2-10-16-11-14(17)18-13(15)9-8-12-6-4-3-5-7-12/h3-7,10,15H,2,8-9,11H2,1H3. The molecule has 0 saturated carbocycles. The third-order valence-corrected chi connectivity index (χ3v) is 2.25. The van der Waals surface area contributed by atoms with E-state index in [0.29, 0.717) is 12.8 Å². The second kappa shape index (κ2) is 8.17. The number of carbonyl (C=O) groups is 1. The average Bonchev–Trinajstić information content (AvgIpc) is 2.38. The molecule has 0 aliphatic carbocycles. The molecule has 1 N–H and O–H groups in total. The Bertz CT molecular complexity index is 413. The lowest BCUT2D eigenvalue weighted by Gasteiger charge is -2.04. The summed E-state index contributed by atoms with van der Waals surface area (Å²) in [6.07, 6.45) is 3.58. The molecule has 4 heteroatoms. The van der Waals surface area contributed by atoms with Crippen LogP contribution >= 0.6 is 0 Å². The van der Waals surface area contributed by atoms with Crippen LogP contribution in [0.25, 0.3) is 0 Å². The first kappa shape index (κ1) is 14.1. The van der Waals surface area contributed by atoms with Crippen LogP contribution in [0.5, 0.6) is 0 Å². The van der Waals surface area contributed by atoms with Crippen LogP contribution in [0.2, 0.25) is 0 Å². The topological polar surface area (TPSA) is 62.5 Å². The van der Waals surface area contributed by atoms with Crippen molar-refractivity contribution in [3.63, 3.8) is 0 Å². The minimum absolute atomic E-state index is 0.00412. The Morgan fingerprint density at radius 2 is 2.11 bits per heavy atom. The highest BCUT2D eigenvalue weighted by molar-refractivity contribution is 5.88. The smallest absolute Gasteiger partial charge is 0.334 e. The lowest BCUT2D eigenvalue weighted by molar-refractivity contribution is -0.134. The molecule has 0 heterocycles. The third-order valence-electron chi connectivity index (χ3n) is 2.25. The molecule has 0 radical (unpaired) electrons. The zero-order valence-electron chi connectivity index (χ0n) is 10.6. The van der Waals surface area contributed by atoms with Gasteiger partial charge in [0.2, 0.25) is 0 Å². The van der Waals surface area contributed by atoms with E-state index in [1.54, 1.807) is 6.21 Å². The van der Waals surface area contributed by atoms with Crippen LogP contribution in [0.15, 0.2) is 35.3 Å². The quantitative estimate of drug-likeness (QED) is 0.476. The van der Waals surface area contributed by atoms with Crippen LogP contribution < -0.4 is 0 Å². The van der Waals surface area contributed by atoms with Gasteiger partial charge in [-0.05, 0) is 24.6 Å². The number of hydrogen-bond donors (Lipinski definition) is 1. The van der Waals surface area contributed by atoms with Gasteiger partial charge in [-0.2, -0.15) is 0 Å². The number of aryl methyl sites for hydroxylation is 1. The summed E-state index contributed by atoms with van der Waals surface area (Å²) >= 11 is 0. The molecule has 0 fully saturated rings. The number of carbonyl (C=O) groups excluding carboxylic acids is 1. The average molecular weight is 246 g/mol. The molecule has 0 bridgehead atoms. The van der Waals surface area contributed by atoms with Crippen molar-refractivity contribution in [3.8, 4) is 0 Å². The predicted molar refractivity (Wildman–Crippen MR) is 72.2 cm³/mol. The van der Waals surface area contributed by atoms with Gasteiger partial charge in [-0.1, -0.05) is 37.3 Å². The van der Waals surface area contributed by atoms with Crippen molar-refractivity contribution in [3.05, 3.63) is 35.9 Å². The summed E-state index contributed by atoms with van der Waals surface area (Å²) in [7, 11) is 0. The molecule has 0 saturated heterocycles. The molecule has 0 aliphatic rings. The van der Waals surface area contributed by atoms with Gasteiger partial charge in [0.1, 0.15) is 6.54 Å². The number of ether oxygens (including phenoxy) is 1. The van der Waals surface area contributed by atoms with E-state index in [4.69, 9.17) is 10.1 Å². The second-order valence-electron chi connectivity index (χ2n) is 3.81. The molecule has 0 amide bonds. The molecule has 0 unspecified atom stereocenters. The molecule has 1 aromatic carbocycles. The Morgan fingerprint density at radius 3 is 2.78 bits per heavy atom. The maximum absolute atomic E-state index is 11.3. The largest absolute Gasteiger partial charge is 0.411 e. The highest BCUT2D eigenvalue weighted by Crippen LogP contribution is 2.03. The fourth-order valence-electron chi connectivity index (χ4n) is 1.39. The molecule has 0 aliphatic heterocycles. The third kappa shape index (κ3) is 5.94. The molecule has 0 aromatic heterocycles. The predicted octanol–water partition coefficient (Wildman–Crippen LogP) is 2.62. The van der Waals surface area contributed by atoms with E-state index in [-0.39, 0.29) is 12.4 Å². The summed E-state index contributed by atoms with van der Waals surface area (Å²) in [6.45, 7) is 1.93. The highest BCUT2D eigenvalue weighted by atomic mass is 16.5. The van der Waals surface area contributed by atoms with Crippen molar-refractivity contribution in [1.82, 2.24) is 0 Å². The van der Waals surface area contributed by atoms with E-state index in [1.165, 1.54) is 0 Å². The van der Waals surface area contributed by atoms with Crippen LogP contribution in [-0.4, -0.2) is 24.6 Å². The molecule has 1 aromatic rings. The summed E-state index contributed by atoms with van der Waals surface area (Å²) in [5.41, 5.74) is 1.13. The number of nitrogens with one attached hydrogen (secondary N) is 1. The summed E-state index contributed by atoms with van der Waals surface area (Å²) < 4.78 is 4.85. The first-order chi connectivity index (χ1) is 8.72. The number of nitrogens with zero attached hydrogens (tertiary/aromatic N) is 1. The molecule has 0 spiro atoms. The molecule has 1 rings (SSSR count).